The number of hydrogen-bond acceptors (Lipinski definition) is 3. The predicted molar refractivity (Wildman–Crippen MR) is 75.0 cm³/mol. The number of aromatic nitrogens is 1. The largest absolute Gasteiger partial charge is 0.338 e. The lowest BCUT2D eigenvalue weighted by Gasteiger charge is -2.23. The summed E-state index contributed by atoms with van der Waals surface area (Å²) in [7, 11) is 1.69. The van der Waals surface area contributed by atoms with E-state index in [1.54, 1.807) is 24.1 Å². The van der Waals surface area contributed by atoms with E-state index in [0.29, 0.717) is 17.1 Å². The maximum absolute atomic E-state index is 12.3. The molecule has 0 aromatic carbocycles. The number of aryl methyl sites for hydroxylation is 1. The van der Waals surface area contributed by atoms with Crippen molar-refractivity contribution in [3.05, 3.63) is 28.5 Å². The van der Waals surface area contributed by atoms with Crippen LogP contribution in [0.1, 0.15) is 42.7 Å². The number of carbonyl (C=O) groups is 1. The standard InChI is InChI=1S/C14H18ClN3O/c1-4-5-12-8-11(9-13(15)17-12)14(19)18(3)10(2)6-7-16/h8-10H,4-6H2,1-3H3. The lowest BCUT2D eigenvalue weighted by atomic mass is 10.1. The summed E-state index contributed by atoms with van der Waals surface area (Å²) in [6.45, 7) is 3.89. The van der Waals surface area contributed by atoms with Crippen LogP contribution in [0, 0.1) is 11.3 Å². The minimum atomic E-state index is -0.135. The van der Waals surface area contributed by atoms with Crippen molar-refractivity contribution in [2.75, 3.05) is 7.05 Å². The molecule has 1 unspecified atom stereocenters. The van der Waals surface area contributed by atoms with Gasteiger partial charge in [0.2, 0.25) is 0 Å². The SMILES string of the molecule is CCCc1cc(C(=O)N(C)C(C)CC#N)cc(Cl)n1. The van der Waals surface area contributed by atoms with E-state index >= 15 is 0 Å². The Morgan fingerprint density at radius 2 is 2.26 bits per heavy atom. The summed E-state index contributed by atoms with van der Waals surface area (Å²) in [5.41, 5.74) is 1.34. The highest BCUT2D eigenvalue weighted by Gasteiger charge is 2.18. The van der Waals surface area contributed by atoms with Gasteiger partial charge in [-0.3, -0.25) is 4.79 Å². The van der Waals surface area contributed by atoms with Crippen LogP contribution in [0.5, 0.6) is 0 Å². The first kappa shape index (κ1) is 15.5. The molecule has 0 aliphatic carbocycles. The first-order valence-electron chi connectivity index (χ1n) is 6.30. The number of halogens is 1. The zero-order valence-corrected chi connectivity index (χ0v) is 12.2. The second kappa shape index (κ2) is 7.10. The van der Waals surface area contributed by atoms with E-state index in [9.17, 15) is 4.79 Å². The van der Waals surface area contributed by atoms with Crippen molar-refractivity contribution in [2.45, 2.75) is 39.2 Å². The Labute approximate surface area is 119 Å². The van der Waals surface area contributed by atoms with E-state index in [4.69, 9.17) is 16.9 Å². The molecule has 0 radical (unpaired) electrons. The van der Waals surface area contributed by atoms with Crippen LogP contribution in [0.4, 0.5) is 0 Å². The average molecular weight is 280 g/mol. The van der Waals surface area contributed by atoms with Crippen molar-refractivity contribution in [1.82, 2.24) is 9.88 Å². The number of hydrogen-bond donors (Lipinski definition) is 0. The van der Waals surface area contributed by atoms with Crippen LogP contribution in [0.15, 0.2) is 12.1 Å². The van der Waals surface area contributed by atoms with Crippen molar-refractivity contribution < 1.29 is 4.79 Å². The maximum Gasteiger partial charge on any atom is 0.254 e. The van der Waals surface area contributed by atoms with Crippen LogP contribution in [0.3, 0.4) is 0 Å². The molecule has 1 atom stereocenters. The molecule has 0 N–H and O–H groups in total. The summed E-state index contributed by atoms with van der Waals surface area (Å²) in [5.74, 6) is -0.135. The van der Waals surface area contributed by atoms with E-state index in [1.165, 1.54) is 0 Å². The Hall–Kier alpha value is -1.60. The first-order valence-corrected chi connectivity index (χ1v) is 6.68. The number of nitriles is 1. The quantitative estimate of drug-likeness (QED) is 0.778. The third-order valence-electron chi connectivity index (χ3n) is 2.97. The van der Waals surface area contributed by atoms with Gasteiger partial charge < -0.3 is 4.90 Å². The number of carbonyl (C=O) groups excluding carboxylic acids is 1. The number of pyridine rings is 1. The predicted octanol–water partition coefficient (Wildman–Crippen LogP) is 3.06. The summed E-state index contributed by atoms with van der Waals surface area (Å²) in [4.78, 5) is 18.0. The molecule has 4 nitrogen and oxygen atoms in total. The summed E-state index contributed by atoms with van der Waals surface area (Å²) in [6, 6.07) is 5.28. The van der Waals surface area contributed by atoms with Gasteiger partial charge in [-0.1, -0.05) is 24.9 Å². The van der Waals surface area contributed by atoms with Gasteiger partial charge in [0.25, 0.3) is 5.91 Å². The molecule has 1 amide bonds. The Morgan fingerprint density at radius 1 is 1.58 bits per heavy atom. The fourth-order valence-electron chi connectivity index (χ4n) is 1.73. The highest BCUT2D eigenvalue weighted by Crippen LogP contribution is 2.15. The topological polar surface area (TPSA) is 57.0 Å². The maximum atomic E-state index is 12.3. The minimum Gasteiger partial charge on any atom is -0.338 e. The molecule has 0 aliphatic rings. The van der Waals surface area contributed by atoms with E-state index in [2.05, 4.69) is 11.1 Å². The third kappa shape index (κ3) is 4.22. The monoisotopic (exact) mass is 279 g/mol. The normalized spacial score (nSPS) is 11.7. The molecule has 0 bridgehead atoms. The number of rotatable bonds is 5. The second-order valence-electron chi connectivity index (χ2n) is 4.55. The van der Waals surface area contributed by atoms with Crippen LogP contribution in [0.2, 0.25) is 5.15 Å². The molecule has 0 saturated heterocycles. The molecule has 1 heterocycles. The van der Waals surface area contributed by atoms with Gasteiger partial charge in [-0.25, -0.2) is 4.98 Å². The molecule has 19 heavy (non-hydrogen) atoms. The van der Waals surface area contributed by atoms with Gasteiger partial charge >= 0.3 is 0 Å². The van der Waals surface area contributed by atoms with Crippen LogP contribution < -0.4 is 0 Å². The Morgan fingerprint density at radius 3 is 2.84 bits per heavy atom. The lowest BCUT2D eigenvalue weighted by molar-refractivity contribution is 0.0746. The van der Waals surface area contributed by atoms with Crippen molar-refractivity contribution in [3.63, 3.8) is 0 Å². The molecule has 1 aromatic heterocycles. The highest BCUT2D eigenvalue weighted by atomic mass is 35.5. The molecular formula is C14H18ClN3O. The zero-order chi connectivity index (χ0) is 14.4. The summed E-state index contributed by atoms with van der Waals surface area (Å²) in [6.07, 6.45) is 2.04. The van der Waals surface area contributed by atoms with Gasteiger partial charge in [-0.15, -0.1) is 0 Å². The Bertz CT molecular complexity index is 496. The Kier molecular flexibility index (Phi) is 5.78. The number of amides is 1. The third-order valence-corrected chi connectivity index (χ3v) is 3.16. The minimum absolute atomic E-state index is 0.126. The molecular weight excluding hydrogens is 262 g/mol. The van der Waals surface area contributed by atoms with Gasteiger partial charge in [0.05, 0.1) is 12.5 Å². The molecule has 1 rings (SSSR count). The van der Waals surface area contributed by atoms with E-state index in [1.807, 2.05) is 13.8 Å². The van der Waals surface area contributed by atoms with Crippen LogP contribution in [-0.2, 0) is 6.42 Å². The van der Waals surface area contributed by atoms with Crippen LogP contribution in [0.25, 0.3) is 0 Å². The number of nitrogens with zero attached hydrogens (tertiary/aromatic N) is 3. The van der Waals surface area contributed by atoms with E-state index < -0.39 is 0 Å². The average Bonchev–Trinajstić information content (AvgIpc) is 2.37. The Balaban J connectivity index is 2.96. The zero-order valence-electron chi connectivity index (χ0n) is 11.5. The van der Waals surface area contributed by atoms with Gasteiger partial charge in [0.15, 0.2) is 0 Å². The molecule has 5 heteroatoms. The lowest BCUT2D eigenvalue weighted by Crippen LogP contribution is -2.34. The van der Waals surface area contributed by atoms with Gasteiger partial charge in [-0.05, 0) is 25.5 Å². The van der Waals surface area contributed by atoms with Gasteiger partial charge in [0, 0.05) is 24.3 Å². The molecule has 0 fully saturated rings. The van der Waals surface area contributed by atoms with Crippen molar-refractivity contribution in [3.8, 4) is 6.07 Å². The summed E-state index contributed by atoms with van der Waals surface area (Å²) in [5, 5.41) is 9.01. The van der Waals surface area contributed by atoms with Crippen molar-refractivity contribution >= 4 is 17.5 Å². The first-order chi connectivity index (χ1) is 8.99. The van der Waals surface area contributed by atoms with E-state index in [-0.39, 0.29) is 11.9 Å². The summed E-state index contributed by atoms with van der Waals surface area (Å²) >= 11 is 5.94. The second-order valence-corrected chi connectivity index (χ2v) is 4.93. The highest BCUT2D eigenvalue weighted by molar-refractivity contribution is 6.29. The molecule has 1 aromatic rings. The van der Waals surface area contributed by atoms with E-state index in [0.717, 1.165) is 18.5 Å². The smallest absolute Gasteiger partial charge is 0.254 e. The summed E-state index contributed by atoms with van der Waals surface area (Å²) < 4.78 is 0. The van der Waals surface area contributed by atoms with Crippen LogP contribution >= 0.6 is 11.6 Å². The van der Waals surface area contributed by atoms with Crippen molar-refractivity contribution in [1.29, 1.82) is 5.26 Å². The van der Waals surface area contributed by atoms with Crippen molar-refractivity contribution in [2.24, 2.45) is 0 Å². The van der Waals surface area contributed by atoms with Gasteiger partial charge in [0.1, 0.15) is 5.15 Å². The van der Waals surface area contributed by atoms with Crippen LogP contribution in [-0.4, -0.2) is 28.9 Å². The fraction of sp³-hybridized carbons (Fsp3) is 0.500. The fourth-order valence-corrected chi connectivity index (χ4v) is 1.96. The molecule has 0 aliphatic heterocycles. The molecule has 102 valence electrons. The molecule has 0 saturated carbocycles. The van der Waals surface area contributed by atoms with Gasteiger partial charge in [-0.2, -0.15) is 5.26 Å². The molecule has 0 spiro atoms.